The van der Waals surface area contributed by atoms with Crippen molar-refractivity contribution in [2.24, 2.45) is 0 Å². The zero-order valence-corrected chi connectivity index (χ0v) is 17.3. The molecule has 0 unspecified atom stereocenters. The first-order valence-corrected chi connectivity index (χ1v) is 9.80. The molecule has 2 N–H and O–H groups in total. The number of ether oxygens (including phenoxy) is 2. The smallest absolute Gasteiger partial charge is 0.303 e. The topological polar surface area (TPSA) is 88.1 Å². The molecule has 1 amide bonds. The number of hydrogen-bond donors (Lipinski definition) is 2. The average Bonchev–Trinajstić information content (AvgIpc) is 3.22. The normalized spacial score (nSPS) is 15.4. The van der Waals surface area contributed by atoms with Gasteiger partial charge in [-0.1, -0.05) is 31.2 Å². The summed E-state index contributed by atoms with van der Waals surface area (Å²) in [6.07, 6.45) is 2.58. The number of methoxy groups -OCH3 is 2. The Labute approximate surface area is 175 Å². The Morgan fingerprint density at radius 2 is 1.73 bits per heavy atom. The monoisotopic (exact) mass is 410 g/mol. The summed E-state index contributed by atoms with van der Waals surface area (Å²) in [7, 11) is 3.14. The van der Waals surface area contributed by atoms with Crippen LogP contribution in [0.2, 0.25) is 0 Å². The van der Waals surface area contributed by atoms with Crippen LogP contribution in [-0.4, -0.2) is 36.2 Å². The molecule has 2 aromatic rings. The van der Waals surface area contributed by atoms with E-state index in [1.165, 1.54) is 10.6 Å². The van der Waals surface area contributed by atoms with E-state index in [2.05, 4.69) is 12.3 Å². The summed E-state index contributed by atoms with van der Waals surface area (Å²) in [6, 6.07) is 13.2. The second kappa shape index (κ2) is 9.35. The number of aliphatic carboxylic acids is 1. The van der Waals surface area contributed by atoms with E-state index in [0.29, 0.717) is 11.5 Å². The zero-order valence-electron chi connectivity index (χ0n) is 17.3. The maximum atomic E-state index is 12.8. The van der Waals surface area contributed by atoms with Crippen LogP contribution in [0.15, 0.2) is 48.5 Å². The molecule has 158 valence electrons. The van der Waals surface area contributed by atoms with Crippen molar-refractivity contribution in [3.05, 3.63) is 65.2 Å². The lowest BCUT2D eigenvalue weighted by Gasteiger charge is -2.25. The summed E-state index contributed by atoms with van der Waals surface area (Å²) in [4.78, 5) is 23.7. The molecule has 0 spiro atoms. The largest absolute Gasteiger partial charge is 0.493 e. The van der Waals surface area contributed by atoms with E-state index in [-0.39, 0.29) is 24.8 Å². The molecule has 1 aliphatic heterocycles. The van der Waals surface area contributed by atoms with E-state index in [1.54, 1.807) is 20.3 Å². The quantitative estimate of drug-likeness (QED) is 0.692. The summed E-state index contributed by atoms with van der Waals surface area (Å²) in [5.41, 5.74) is 6.87. The first kappa shape index (κ1) is 21.2. The molecule has 7 nitrogen and oxygen atoms in total. The van der Waals surface area contributed by atoms with Gasteiger partial charge in [0.1, 0.15) is 0 Å². The highest BCUT2D eigenvalue weighted by Gasteiger charge is 2.31. The molecular formula is C23H26N2O5. The average molecular weight is 410 g/mol. The minimum Gasteiger partial charge on any atom is -0.493 e. The van der Waals surface area contributed by atoms with Crippen LogP contribution in [0.1, 0.15) is 42.5 Å². The third-order valence-electron chi connectivity index (χ3n) is 5.09. The Bertz CT molecular complexity index is 953. The predicted molar refractivity (Wildman–Crippen MR) is 113 cm³/mol. The number of carbonyl (C=O) groups is 2. The van der Waals surface area contributed by atoms with Crippen LogP contribution in [0.5, 0.6) is 11.5 Å². The third kappa shape index (κ3) is 4.56. The van der Waals surface area contributed by atoms with Crippen LogP contribution in [-0.2, 0) is 16.0 Å². The summed E-state index contributed by atoms with van der Waals surface area (Å²) >= 11 is 0. The molecule has 0 aliphatic carbocycles. The van der Waals surface area contributed by atoms with Crippen molar-refractivity contribution in [3.63, 3.8) is 0 Å². The lowest BCUT2D eigenvalue weighted by molar-refractivity contribution is -0.142. The first-order valence-electron chi connectivity index (χ1n) is 9.80. The van der Waals surface area contributed by atoms with Gasteiger partial charge in [0.05, 0.1) is 32.4 Å². The van der Waals surface area contributed by atoms with Crippen LogP contribution in [0.25, 0.3) is 5.70 Å². The molecule has 0 aromatic heterocycles. The van der Waals surface area contributed by atoms with Gasteiger partial charge in [0.2, 0.25) is 5.91 Å². The van der Waals surface area contributed by atoms with Gasteiger partial charge >= 0.3 is 5.97 Å². The van der Waals surface area contributed by atoms with E-state index in [0.717, 1.165) is 23.2 Å². The lowest BCUT2D eigenvalue weighted by atomic mass is 10.0. The molecule has 0 bridgehead atoms. The molecule has 1 aliphatic rings. The highest BCUT2D eigenvalue weighted by molar-refractivity contribution is 5.84. The summed E-state index contributed by atoms with van der Waals surface area (Å²) < 4.78 is 10.7. The van der Waals surface area contributed by atoms with Crippen LogP contribution in [0.4, 0.5) is 0 Å². The molecule has 1 heterocycles. The van der Waals surface area contributed by atoms with E-state index < -0.39 is 5.97 Å². The SMILES string of the molecule is CCc1ccc([C@H]2C=C(c3ccc(OC)c(OC)c3)NN2C(=O)CCC(=O)O)cc1. The maximum Gasteiger partial charge on any atom is 0.303 e. The second-order valence-corrected chi connectivity index (χ2v) is 6.96. The number of nitrogens with one attached hydrogen (secondary N) is 1. The molecule has 1 atom stereocenters. The molecule has 3 rings (SSSR count). The highest BCUT2D eigenvalue weighted by Crippen LogP contribution is 2.35. The Hall–Kier alpha value is -3.48. The molecule has 7 heteroatoms. The molecule has 0 saturated heterocycles. The number of nitrogens with zero attached hydrogens (tertiary/aromatic N) is 1. The van der Waals surface area contributed by atoms with Crippen LogP contribution in [0, 0.1) is 0 Å². The van der Waals surface area contributed by atoms with Crippen molar-refractivity contribution >= 4 is 17.6 Å². The van der Waals surface area contributed by atoms with Crippen molar-refractivity contribution in [3.8, 4) is 11.5 Å². The molecule has 30 heavy (non-hydrogen) atoms. The number of rotatable bonds is 8. The van der Waals surface area contributed by atoms with Crippen molar-refractivity contribution in [1.29, 1.82) is 0 Å². The minimum absolute atomic E-state index is 0.0844. The van der Waals surface area contributed by atoms with Gasteiger partial charge in [-0.15, -0.1) is 0 Å². The number of benzene rings is 2. The predicted octanol–water partition coefficient (Wildman–Crippen LogP) is 3.56. The molecule has 2 aromatic carbocycles. The van der Waals surface area contributed by atoms with Gasteiger partial charge in [-0.05, 0) is 41.8 Å². The number of hydrazine groups is 1. The van der Waals surface area contributed by atoms with E-state index in [9.17, 15) is 9.59 Å². The number of hydrogen-bond acceptors (Lipinski definition) is 5. The fraction of sp³-hybridized carbons (Fsp3) is 0.304. The van der Waals surface area contributed by atoms with Gasteiger partial charge in [0.15, 0.2) is 11.5 Å². The van der Waals surface area contributed by atoms with Crippen molar-refractivity contribution in [2.75, 3.05) is 14.2 Å². The van der Waals surface area contributed by atoms with E-state index >= 15 is 0 Å². The summed E-state index contributed by atoms with van der Waals surface area (Å²) in [6.45, 7) is 2.09. The standard InChI is InChI=1S/C23H26N2O5/c1-4-15-5-7-16(8-6-15)19-14-18(24-25(19)22(26)11-12-23(27)28)17-9-10-20(29-2)21(13-17)30-3/h5-10,13-14,19,24H,4,11-12H2,1-3H3,(H,27,28)/t19-/m1/s1. The number of carboxylic acids is 1. The Morgan fingerprint density at radius 3 is 2.33 bits per heavy atom. The summed E-state index contributed by atoms with van der Waals surface area (Å²) in [5.74, 6) is -0.0914. The minimum atomic E-state index is -1.00. The third-order valence-corrected chi connectivity index (χ3v) is 5.09. The number of carbonyl (C=O) groups excluding carboxylic acids is 1. The Kier molecular flexibility index (Phi) is 6.61. The fourth-order valence-corrected chi connectivity index (χ4v) is 3.38. The van der Waals surface area contributed by atoms with Gasteiger partial charge in [-0.2, -0.15) is 0 Å². The first-order chi connectivity index (χ1) is 14.5. The van der Waals surface area contributed by atoms with Gasteiger partial charge in [-0.3, -0.25) is 15.0 Å². The van der Waals surface area contributed by atoms with E-state index in [1.807, 2.05) is 42.5 Å². The number of carboxylic acid groups (broad SMARTS) is 1. The van der Waals surface area contributed by atoms with Crippen molar-refractivity contribution < 1.29 is 24.2 Å². The van der Waals surface area contributed by atoms with Crippen molar-refractivity contribution in [1.82, 2.24) is 10.4 Å². The van der Waals surface area contributed by atoms with E-state index in [4.69, 9.17) is 14.6 Å². The van der Waals surface area contributed by atoms with Crippen LogP contribution >= 0.6 is 0 Å². The second-order valence-electron chi connectivity index (χ2n) is 6.96. The van der Waals surface area contributed by atoms with Crippen LogP contribution < -0.4 is 14.9 Å². The Morgan fingerprint density at radius 1 is 1.03 bits per heavy atom. The molecule has 0 radical (unpaired) electrons. The van der Waals surface area contributed by atoms with Gasteiger partial charge in [0.25, 0.3) is 0 Å². The number of amides is 1. The highest BCUT2D eigenvalue weighted by atomic mass is 16.5. The van der Waals surface area contributed by atoms with Gasteiger partial charge in [-0.25, -0.2) is 5.01 Å². The Balaban J connectivity index is 1.94. The molecular weight excluding hydrogens is 384 g/mol. The molecule has 0 fully saturated rings. The molecule has 0 saturated carbocycles. The van der Waals surface area contributed by atoms with Crippen LogP contribution in [0.3, 0.4) is 0 Å². The zero-order chi connectivity index (χ0) is 21.7. The lowest BCUT2D eigenvalue weighted by Crippen LogP contribution is -2.39. The fourth-order valence-electron chi connectivity index (χ4n) is 3.38. The van der Waals surface area contributed by atoms with Crippen molar-refractivity contribution in [2.45, 2.75) is 32.2 Å². The van der Waals surface area contributed by atoms with Gasteiger partial charge in [0, 0.05) is 12.0 Å². The summed E-state index contributed by atoms with van der Waals surface area (Å²) in [5, 5.41) is 10.4. The maximum absolute atomic E-state index is 12.8. The van der Waals surface area contributed by atoms with Gasteiger partial charge < -0.3 is 14.6 Å². The number of aryl methyl sites for hydroxylation is 1.